The molecule has 1 aromatic heterocycles. The largest absolute Gasteiger partial charge is 0.475 e. The van der Waals surface area contributed by atoms with Crippen molar-refractivity contribution in [3.8, 4) is 5.88 Å². The summed E-state index contributed by atoms with van der Waals surface area (Å²) >= 11 is 0. The number of methoxy groups -OCH3 is 1. The zero-order chi connectivity index (χ0) is 19.8. The number of halogens is 2. The van der Waals surface area contributed by atoms with Crippen molar-refractivity contribution in [1.29, 1.82) is 0 Å². The molecule has 0 radical (unpaired) electrons. The van der Waals surface area contributed by atoms with Gasteiger partial charge in [0.2, 0.25) is 5.88 Å². The summed E-state index contributed by atoms with van der Waals surface area (Å²) in [5.74, 6) is 1.08. The van der Waals surface area contributed by atoms with Gasteiger partial charge in [0.25, 0.3) is 0 Å². The van der Waals surface area contributed by atoms with Crippen molar-refractivity contribution in [2.45, 2.75) is 24.8 Å². The predicted molar refractivity (Wildman–Crippen MR) is 123 cm³/mol. The van der Waals surface area contributed by atoms with E-state index in [0.29, 0.717) is 38.1 Å². The molecule has 0 spiro atoms. The maximum Gasteiger partial charge on any atom is 0.218 e. The average Bonchev–Trinajstić information content (AvgIpc) is 3.50. The Hall–Kier alpha value is -1.94. The third-order valence-electron chi connectivity index (χ3n) is 4.93. The Morgan fingerprint density at radius 2 is 2.03 bits per heavy atom. The minimum absolute atomic E-state index is 0. The second kappa shape index (κ2) is 11.3. The predicted octanol–water partition coefficient (Wildman–Crippen LogP) is 3.26. The van der Waals surface area contributed by atoms with Crippen molar-refractivity contribution in [2.75, 3.05) is 33.9 Å². The number of aromatic nitrogens is 1. The molecule has 8 heteroatoms. The van der Waals surface area contributed by atoms with Gasteiger partial charge in [-0.3, -0.25) is 4.99 Å². The summed E-state index contributed by atoms with van der Waals surface area (Å²) in [5.41, 5.74) is 1.96. The molecule has 158 valence electrons. The molecule has 0 amide bonds. The van der Waals surface area contributed by atoms with Gasteiger partial charge in [-0.05, 0) is 36.6 Å². The third kappa shape index (κ3) is 6.53. The van der Waals surface area contributed by atoms with E-state index < -0.39 is 0 Å². The van der Waals surface area contributed by atoms with E-state index in [1.165, 1.54) is 6.07 Å². The Bertz CT molecular complexity index is 815. The first kappa shape index (κ1) is 23.3. The summed E-state index contributed by atoms with van der Waals surface area (Å²) in [5, 5.41) is 6.66. The van der Waals surface area contributed by atoms with E-state index in [9.17, 15) is 4.39 Å². The molecular weight excluding hydrogens is 486 g/mol. The Labute approximate surface area is 188 Å². The fourth-order valence-electron chi connectivity index (χ4n) is 3.10. The number of nitrogens with zero attached hydrogens (tertiary/aromatic N) is 2. The molecular formula is C21H28FIN4O2. The molecule has 1 fully saturated rings. The standard InChI is InChI=1S/C21H27FN4O2.HI/c1-23-20(25-14-16-5-4-10-24-19(16)28-12-11-27-2)26-15-21(8-9-21)17-6-3-7-18(22)13-17;/h3-7,10,13H,8-9,11-12,14-15H2,1-2H3,(H2,23,25,26);1H. The molecule has 2 aromatic rings. The molecule has 29 heavy (non-hydrogen) atoms. The number of rotatable bonds is 9. The fourth-order valence-corrected chi connectivity index (χ4v) is 3.10. The lowest BCUT2D eigenvalue weighted by atomic mass is 9.96. The maximum atomic E-state index is 13.6. The van der Waals surface area contributed by atoms with Gasteiger partial charge in [0.15, 0.2) is 5.96 Å². The lowest BCUT2D eigenvalue weighted by Crippen LogP contribution is -2.41. The molecule has 0 aliphatic heterocycles. The van der Waals surface area contributed by atoms with Gasteiger partial charge in [0, 0.05) is 44.4 Å². The highest BCUT2D eigenvalue weighted by Crippen LogP contribution is 2.47. The quantitative estimate of drug-likeness (QED) is 0.233. The molecule has 0 bridgehead atoms. The van der Waals surface area contributed by atoms with Gasteiger partial charge in [-0.15, -0.1) is 24.0 Å². The number of benzene rings is 1. The van der Waals surface area contributed by atoms with Gasteiger partial charge in [-0.2, -0.15) is 0 Å². The number of pyridine rings is 1. The van der Waals surface area contributed by atoms with Crippen LogP contribution in [0.1, 0.15) is 24.0 Å². The Kier molecular flexibility index (Phi) is 9.09. The van der Waals surface area contributed by atoms with Crippen LogP contribution in [0.15, 0.2) is 47.6 Å². The number of hydrogen-bond acceptors (Lipinski definition) is 4. The Morgan fingerprint density at radius 3 is 2.72 bits per heavy atom. The zero-order valence-electron chi connectivity index (χ0n) is 16.8. The number of nitrogens with one attached hydrogen (secondary N) is 2. The normalized spacial score (nSPS) is 14.7. The van der Waals surface area contributed by atoms with Crippen LogP contribution in [-0.2, 0) is 16.7 Å². The van der Waals surface area contributed by atoms with E-state index in [1.54, 1.807) is 32.5 Å². The molecule has 1 heterocycles. The van der Waals surface area contributed by atoms with Crippen LogP contribution in [0.2, 0.25) is 0 Å². The van der Waals surface area contributed by atoms with Crippen molar-refractivity contribution in [1.82, 2.24) is 15.6 Å². The van der Waals surface area contributed by atoms with Gasteiger partial charge in [-0.1, -0.05) is 18.2 Å². The van der Waals surface area contributed by atoms with Crippen LogP contribution in [0.4, 0.5) is 4.39 Å². The van der Waals surface area contributed by atoms with E-state index in [4.69, 9.17) is 9.47 Å². The lowest BCUT2D eigenvalue weighted by molar-refractivity contribution is 0.143. The van der Waals surface area contributed by atoms with Crippen LogP contribution in [0.5, 0.6) is 5.88 Å². The maximum absolute atomic E-state index is 13.6. The highest BCUT2D eigenvalue weighted by Gasteiger charge is 2.44. The third-order valence-corrected chi connectivity index (χ3v) is 4.93. The van der Waals surface area contributed by atoms with Gasteiger partial charge >= 0.3 is 0 Å². The van der Waals surface area contributed by atoms with E-state index in [-0.39, 0.29) is 35.2 Å². The summed E-state index contributed by atoms with van der Waals surface area (Å²) in [6, 6.07) is 10.7. The van der Waals surface area contributed by atoms with E-state index in [0.717, 1.165) is 24.0 Å². The van der Waals surface area contributed by atoms with Crippen molar-refractivity contribution >= 4 is 29.9 Å². The Morgan fingerprint density at radius 1 is 1.21 bits per heavy atom. The number of ether oxygens (including phenoxy) is 2. The molecule has 1 aliphatic carbocycles. The molecule has 0 atom stereocenters. The molecule has 1 aliphatic rings. The average molecular weight is 514 g/mol. The van der Waals surface area contributed by atoms with Gasteiger partial charge < -0.3 is 20.1 Å². The highest BCUT2D eigenvalue weighted by molar-refractivity contribution is 14.0. The van der Waals surface area contributed by atoms with Gasteiger partial charge in [-0.25, -0.2) is 9.37 Å². The molecule has 0 saturated heterocycles. The second-order valence-corrected chi connectivity index (χ2v) is 6.88. The molecule has 2 N–H and O–H groups in total. The Balaban J connectivity index is 0.00000300. The second-order valence-electron chi connectivity index (χ2n) is 6.88. The first-order valence-electron chi connectivity index (χ1n) is 9.43. The monoisotopic (exact) mass is 514 g/mol. The number of guanidine groups is 1. The van der Waals surface area contributed by atoms with Crippen LogP contribution in [0.3, 0.4) is 0 Å². The summed E-state index contributed by atoms with van der Waals surface area (Å²) in [6.45, 7) is 2.20. The van der Waals surface area contributed by atoms with Crippen LogP contribution in [0.25, 0.3) is 0 Å². The molecule has 1 saturated carbocycles. The van der Waals surface area contributed by atoms with Crippen LogP contribution in [-0.4, -0.2) is 44.9 Å². The highest BCUT2D eigenvalue weighted by atomic mass is 127. The van der Waals surface area contributed by atoms with Gasteiger partial charge in [0.05, 0.1) is 6.61 Å². The number of hydrogen-bond donors (Lipinski definition) is 2. The minimum atomic E-state index is -0.191. The van der Waals surface area contributed by atoms with Crippen molar-refractivity contribution in [3.63, 3.8) is 0 Å². The first-order chi connectivity index (χ1) is 13.7. The van der Waals surface area contributed by atoms with Crippen LogP contribution >= 0.6 is 24.0 Å². The zero-order valence-corrected chi connectivity index (χ0v) is 19.1. The van der Waals surface area contributed by atoms with E-state index >= 15 is 0 Å². The van der Waals surface area contributed by atoms with Gasteiger partial charge in [0.1, 0.15) is 12.4 Å². The first-order valence-corrected chi connectivity index (χ1v) is 9.43. The summed E-state index contributed by atoms with van der Waals surface area (Å²) in [4.78, 5) is 8.57. The lowest BCUT2D eigenvalue weighted by Gasteiger charge is -2.19. The topological polar surface area (TPSA) is 67.8 Å². The summed E-state index contributed by atoms with van der Waals surface area (Å²) in [7, 11) is 3.37. The van der Waals surface area contributed by atoms with E-state index in [2.05, 4.69) is 20.6 Å². The van der Waals surface area contributed by atoms with Crippen molar-refractivity contribution < 1.29 is 13.9 Å². The SMILES string of the molecule is CN=C(NCc1cccnc1OCCOC)NCC1(c2cccc(F)c2)CC1.I. The van der Waals surface area contributed by atoms with Crippen molar-refractivity contribution in [3.05, 3.63) is 59.5 Å². The van der Waals surface area contributed by atoms with Crippen LogP contribution in [0, 0.1) is 5.82 Å². The van der Waals surface area contributed by atoms with Crippen LogP contribution < -0.4 is 15.4 Å². The van der Waals surface area contributed by atoms with E-state index in [1.807, 2.05) is 18.2 Å². The number of aliphatic imine (C=N–C) groups is 1. The molecule has 3 rings (SSSR count). The summed E-state index contributed by atoms with van der Waals surface area (Å²) < 4.78 is 24.2. The summed E-state index contributed by atoms with van der Waals surface area (Å²) in [6.07, 6.45) is 3.79. The smallest absolute Gasteiger partial charge is 0.218 e. The minimum Gasteiger partial charge on any atom is -0.475 e. The molecule has 1 aromatic carbocycles. The molecule has 6 nitrogen and oxygen atoms in total. The fraction of sp³-hybridized carbons (Fsp3) is 0.429. The molecule has 0 unspecified atom stereocenters. The van der Waals surface area contributed by atoms with Crippen molar-refractivity contribution in [2.24, 2.45) is 4.99 Å².